The lowest BCUT2D eigenvalue weighted by molar-refractivity contribution is -0.0418. The van der Waals surface area contributed by atoms with Gasteiger partial charge in [0.1, 0.15) is 23.7 Å². The van der Waals surface area contributed by atoms with Crippen LogP contribution in [0.25, 0.3) is 0 Å². The Balaban J connectivity index is 1.53. The predicted octanol–water partition coefficient (Wildman–Crippen LogP) is 8.81. The Morgan fingerprint density at radius 3 is 1.75 bits per heavy atom. The highest BCUT2D eigenvalue weighted by Crippen LogP contribution is 2.44. The predicted molar refractivity (Wildman–Crippen MR) is 192 cm³/mol. The quantitative estimate of drug-likeness (QED) is 0.111. The van der Waals surface area contributed by atoms with Crippen LogP contribution in [0.3, 0.4) is 0 Å². The van der Waals surface area contributed by atoms with Crippen molar-refractivity contribution in [3.8, 4) is 11.5 Å². The monoisotopic (exact) mass is 667 g/mol. The van der Waals surface area contributed by atoms with Crippen molar-refractivity contribution in [1.29, 1.82) is 0 Å². The average molecular weight is 668 g/mol. The Hall–Kier alpha value is -4.11. The molecule has 0 saturated carbocycles. The molecule has 0 N–H and O–H groups in total. The maximum atomic E-state index is 13.8. The molecule has 0 spiro atoms. The van der Waals surface area contributed by atoms with Crippen LogP contribution in [0.2, 0.25) is 18.1 Å². The maximum absolute atomic E-state index is 13.8. The van der Waals surface area contributed by atoms with Gasteiger partial charge in [0.25, 0.3) is 0 Å². The maximum Gasteiger partial charge on any atom is 0.410 e. The van der Waals surface area contributed by atoms with E-state index in [0.717, 1.165) is 33.8 Å². The number of methoxy groups -OCH3 is 2. The summed E-state index contributed by atoms with van der Waals surface area (Å²) >= 11 is 0. The zero-order valence-electron chi connectivity index (χ0n) is 29.3. The Kier molecular flexibility index (Phi) is 11.0. The summed E-state index contributed by atoms with van der Waals surface area (Å²) in [6.07, 6.45) is -0.102. The second-order valence-electron chi connectivity index (χ2n) is 13.9. The molecule has 1 heterocycles. The number of rotatable bonds is 12. The van der Waals surface area contributed by atoms with Gasteiger partial charge in [-0.1, -0.05) is 106 Å². The normalized spacial score (nSPS) is 16.9. The van der Waals surface area contributed by atoms with Gasteiger partial charge in [0.15, 0.2) is 8.32 Å². The van der Waals surface area contributed by atoms with E-state index in [4.69, 9.17) is 23.4 Å². The van der Waals surface area contributed by atoms with Crippen molar-refractivity contribution in [3.63, 3.8) is 0 Å². The van der Waals surface area contributed by atoms with Crippen LogP contribution in [0, 0.1) is 0 Å². The fourth-order valence-corrected chi connectivity index (χ4v) is 6.98. The number of ether oxygens (including phenoxy) is 4. The molecule has 1 saturated heterocycles. The number of hydrogen-bond donors (Lipinski definition) is 0. The molecule has 0 bridgehead atoms. The van der Waals surface area contributed by atoms with Crippen LogP contribution in [0.5, 0.6) is 11.5 Å². The Morgan fingerprint density at radius 1 is 0.750 bits per heavy atom. The minimum atomic E-state index is -2.10. The first-order valence-electron chi connectivity index (χ1n) is 16.6. The first kappa shape index (κ1) is 35.2. The van der Waals surface area contributed by atoms with E-state index >= 15 is 0 Å². The lowest BCUT2D eigenvalue weighted by atomic mass is 9.79. The molecule has 4 aromatic rings. The molecule has 4 aromatic carbocycles. The van der Waals surface area contributed by atoms with E-state index in [1.807, 2.05) is 72.8 Å². The number of amides is 1. The van der Waals surface area contributed by atoms with E-state index in [2.05, 4.69) is 70.3 Å². The van der Waals surface area contributed by atoms with Gasteiger partial charge < -0.3 is 28.3 Å². The highest BCUT2D eigenvalue weighted by Gasteiger charge is 2.46. The van der Waals surface area contributed by atoms with E-state index in [-0.39, 0.29) is 29.9 Å². The van der Waals surface area contributed by atoms with E-state index in [9.17, 15) is 4.79 Å². The molecule has 48 heavy (non-hydrogen) atoms. The lowest BCUT2D eigenvalue weighted by Crippen LogP contribution is -2.46. The highest BCUT2D eigenvalue weighted by molar-refractivity contribution is 6.74. The van der Waals surface area contributed by atoms with Crippen molar-refractivity contribution in [2.45, 2.75) is 69.7 Å². The summed E-state index contributed by atoms with van der Waals surface area (Å²) in [5, 5.41) is 0.0331. The van der Waals surface area contributed by atoms with Gasteiger partial charge in [-0.15, -0.1) is 0 Å². The molecule has 8 heteroatoms. The number of hydrogen-bond acceptors (Lipinski definition) is 6. The molecule has 1 amide bonds. The van der Waals surface area contributed by atoms with Crippen molar-refractivity contribution in [2.24, 2.45) is 0 Å². The molecular formula is C40H49NO6Si. The van der Waals surface area contributed by atoms with E-state index < -0.39 is 13.9 Å². The summed E-state index contributed by atoms with van der Waals surface area (Å²) in [6, 6.07) is 35.8. The molecule has 1 fully saturated rings. The van der Waals surface area contributed by atoms with Gasteiger partial charge in [0.2, 0.25) is 0 Å². The summed E-state index contributed by atoms with van der Waals surface area (Å²) in [5.74, 6) is 1.51. The third kappa shape index (κ3) is 7.78. The van der Waals surface area contributed by atoms with E-state index in [1.54, 1.807) is 19.1 Å². The number of likely N-dealkylation sites (tertiary alicyclic amines) is 1. The zero-order valence-corrected chi connectivity index (χ0v) is 30.3. The second kappa shape index (κ2) is 15.0. The third-order valence-electron chi connectivity index (χ3n) is 9.78. The standard InChI is InChI=1S/C40H49NO6Si/c1-39(2,3)48(6,7)46-29-34-26-37(27-41(34)38(42)45-28-30-14-10-8-11-15-30)47-40(31-16-12-9-13-17-31,32-18-22-35(43-4)23-19-32)33-20-24-36(44-5)25-21-33/h8-25,34,37H,26-29H2,1-7H3/t34-,37+/m0/s1. The molecule has 5 rings (SSSR count). The summed E-state index contributed by atoms with van der Waals surface area (Å²) in [6.45, 7) is 12.1. The van der Waals surface area contributed by atoms with E-state index in [0.29, 0.717) is 19.6 Å². The van der Waals surface area contributed by atoms with Crippen LogP contribution in [-0.4, -0.2) is 58.8 Å². The average Bonchev–Trinajstić information content (AvgIpc) is 3.51. The zero-order chi connectivity index (χ0) is 34.4. The minimum Gasteiger partial charge on any atom is -0.497 e. The van der Waals surface area contributed by atoms with Crippen molar-refractivity contribution >= 4 is 14.4 Å². The van der Waals surface area contributed by atoms with Gasteiger partial charge >= 0.3 is 6.09 Å². The molecule has 0 aliphatic carbocycles. The van der Waals surface area contributed by atoms with Crippen molar-refractivity contribution < 1.29 is 28.2 Å². The van der Waals surface area contributed by atoms with Crippen LogP contribution in [0.1, 0.15) is 49.4 Å². The van der Waals surface area contributed by atoms with Gasteiger partial charge in [-0.2, -0.15) is 0 Å². The molecule has 1 aliphatic heterocycles. The van der Waals surface area contributed by atoms with Gasteiger partial charge in [-0.3, -0.25) is 0 Å². The first-order chi connectivity index (χ1) is 23.0. The summed E-state index contributed by atoms with van der Waals surface area (Å²) in [4.78, 5) is 15.6. The molecule has 254 valence electrons. The van der Waals surface area contributed by atoms with Crippen LogP contribution in [0.4, 0.5) is 4.79 Å². The van der Waals surface area contributed by atoms with Gasteiger partial charge in [0.05, 0.1) is 39.5 Å². The fraction of sp³-hybridized carbons (Fsp3) is 0.375. The summed E-state index contributed by atoms with van der Waals surface area (Å²) < 4.78 is 31.0. The second-order valence-corrected chi connectivity index (χ2v) is 18.7. The molecule has 0 radical (unpaired) electrons. The summed E-state index contributed by atoms with van der Waals surface area (Å²) in [5.41, 5.74) is 2.80. The minimum absolute atomic E-state index is 0.0331. The van der Waals surface area contributed by atoms with Crippen LogP contribution >= 0.6 is 0 Å². The smallest absolute Gasteiger partial charge is 0.410 e. The van der Waals surface area contributed by atoms with Crippen LogP contribution in [-0.2, 0) is 26.1 Å². The first-order valence-corrected chi connectivity index (χ1v) is 19.5. The Labute approximate surface area is 286 Å². The molecular weight excluding hydrogens is 619 g/mol. The van der Waals surface area contributed by atoms with Crippen molar-refractivity contribution in [1.82, 2.24) is 4.90 Å². The van der Waals surface area contributed by atoms with Gasteiger partial charge in [0, 0.05) is 0 Å². The van der Waals surface area contributed by atoms with Crippen molar-refractivity contribution in [2.75, 3.05) is 27.4 Å². The largest absolute Gasteiger partial charge is 0.497 e. The topological polar surface area (TPSA) is 66.5 Å². The molecule has 2 atom stereocenters. The van der Waals surface area contributed by atoms with Crippen LogP contribution in [0.15, 0.2) is 109 Å². The lowest BCUT2D eigenvalue weighted by Gasteiger charge is -2.38. The fourth-order valence-electron chi connectivity index (χ4n) is 5.94. The Morgan fingerprint density at radius 2 is 1.25 bits per heavy atom. The highest BCUT2D eigenvalue weighted by atomic mass is 28.4. The molecule has 1 aliphatic rings. The van der Waals surface area contributed by atoms with Gasteiger partial charge in [-0.25, -0.2) is 4.79 Å². The van der Waals surface area contributed by atoms with Gasteiger partial charge in [-0.05, 0) is 71.1 Å². The van der Waals surface area contributed by atoms with Crippen molar-refractivity contribution in [3.05, 3.63) is 131 Å². The number of carbonyl (C=O) groups excluding carboxylic acids is 1. The molecule has 0 aromatic heterocycles. The summed E-state index contributed by atoms with van der Waals surface area (Å²) in [7, 11) is 1.23. The van der Waals surface area contributed by atoms with E-state index in [1.165, 1.54) is 0 Å². The Bertz CT molecular complexity index is 1560. The SMILES string of the molecule is COc1ccc(C(O[C@@H]2C[C@@H](CO[Si](C)(C)C(C)(C)C)N(C(=O)OCc3ccccc3)C2)(c2ccccc2)c2ccc(OC)cc2)cc1. The molecule has 7 nitrogen and oxygen atoms in total. The number of nitrogens with zero attached hydrogens (tertiary/aromatic N) is 1. The van der Waals surface area contributed by atoms with Crippen LogP contribution < -0.4 is 9.47 Å². The molecule has 0 unspecified atom stereocenters. The number of carbonyl (C=O) groups is 1. The third-order valence-corrected chi connectivity index (χ3v) is 14.3. The number of benzene rings is 4.